The van der Waals surface area contributed by atoms with Crippen LogP contribution in [0.2, 0.25) is 5.02 Å². The normalized spacial score (nSPS) is 15.3. The van der Waals surface area contributed by atoms with Gasteiger partial charge in [-0.3, -0.25) is 4.90 Å². The minimum atomic E-state index is -3.60. The number of hydrogen-bond acceptors (Lipinski definition) is 9. The minimum Gasteiger partial charge on any atom is -0.492 e. The highest BCUT2D eigenvalue weighted by molar-refractivity contribution is 7.86. The number of ether oxygens (including phenoxy) is 2. The van der Waals surface area contributed by atoms with Gasteiger partial charge >= 0.3 is 10.1 Å². The Labute approximate surface area is 210 Å². The average Bonchev–Trinajstić information content (AvgIpc) is 3.19. The van der Waals surface area contributed by atoms with Crippen LogP contribution in [0, 0.1) is 0 Å². The molecule has 0 aliphatic carbocycles. The highest BCUT2D eigenvalue weighted by Gasteiger charge is 2.22. The van der Waals surface area contributed by atoms with Crippen molar-refractivity contribution in [3.63, 3.8) is 0 Å². The second-order valence-electron chi connectivity index (χ2n) is 8.40. The van der Waals surface area contributed by atoms with Gasteiger partial charge in [0.05, 0.1) is 19.5 Å². The van der Waals surface area contributed by atoms with Crippen molar-refractivity contribution in [3.8, 4) is 17.2 Å². The van der Waals surface area contributed by atoms with E-state index in [0.29, 0.717) is 46.8 Å². The monoisotopic (exact) mass is 523 g/mol. The topological polar surface area (TPSA) is 103 Å². The van der Waals surface area contributed by atoms with Gasteiger partial charge in [-0.05, 0) is 56.5 Å². The number of aromatic nitrogens is 1. The zero-order chi connectivity index (χ0) is 25.0. The number of hydrogen-bond donors (Lipinski definition) is 1. The van der Waals surface area contributed by atoms with Gasteiger partial charge in [0.15, 0.2) is 5.58 Å². The molecular weight excluding hydrogens is 494 g/mol. The minimum absolute atomic E-state index is 0.204. The van der Waals surface area contributed by atoms with Crippen molar-refractivity contribution in [1.29, 1.82) is 0 Å². The number of fused-ring (bicyclic) bond motifs is 1. The largest absolute Gasteiger partial charge is 0.492 e. The molecule has 190 valence electrons. The Morgan fingerprint density at radius 2 is 1.77 bits per heavy atom. The van der Waals surface area contributed by atoms with E-state index in [-0.39, 0.29) is 11.8 Å². The zero-order valence-electron chi connectivity index (χ0n) is 20.0. The summed E-state index contributed by atoms with van der Waals surface area (Å²) >= 11 is 6.42. The molecule has 4 rings (SSSR count). The molecular formula is C24H30ClN3O6S. The molecule has 9 nitrogen and oxygen atoms in total. The summed E-state index contributed by atoms with van der Waals surface area (Å²) in [6.07, 6.45) is 2.85. The number of benzene rings is 2. The molecule has 1 N–H and O–H groups in total. The van der Waals surface area contributed by atoms with E-state index < -0.39 is 10.1 Å². The maximum absolute atomic E-state index is 11.4. The molecule has 0 bridgehead atoms. The van der Waals surface area contributed by atoms with Crippen LogP contribution in [0.25, 0.3) is 11.1 Å². The molecule has 1 aromatic heterocycles. The third-order valence-corrected chi connectivity index (χ3v) is 6.46. The van der Waals surface area contributed by atoms with Crippen molar-refractivity contribution >= 4 is 38.8 Å². The lowest BCUT2D eigenvalue weighted by Gasteiger charge is -2.32. The molecule has 35 heavy (non-hydrogen) atoms. The van der Waals surface area contributed by atoms with Crippen molar-refractivity contribution in [2.45, 2.75) is 39.3 Å². The number of anilines is 1. The van der Waals surface area contributed by atoms with E-state index in [4.69, 9.17) is 29.7 Å². The molecule has 1 aliphatic heterocycles. The zero-order valence-corrected chi connectivity index (χ0v) is 21.6. The lowest BCUT2D eigenvalue weighted by Crippen LogP contribution is -2.38. The highest BCUT2D eigenvalue weighted by Crippen LogP contribution is 2.36. The Morgan fingerprint density at radius 1 is 1.11 bits per heavy atom. The van der Waals surface area contributed by atoms with Gasteiger partial charge in [-0.15, -0.1) is 0 Å². The molecule has 1 aliphatic rings. The first-order valence-electron chi connectivity index (χ1n) is 11.6. The van der Waals surface area contributed by atoms with E-state index >= 15 is 0 Å². The van der Waals surface area contributed by atoms with E-state index in [2.05, 4.69) is 15.2 Å². The van der Waals surface area contributed by atoms with Gasteiger partial charge in [0.1, 0.15) is 27.8 Å². The second kappa shape index (κ2) is 10.9. The summed E-state index contributed by atoms with van der Waals surface area (Å²) in [6.45, 7) is 7.51. The van der Waals surface area contributed by atoms with Gasteiger partial charge in [0, 0.05) is 31.7 Å². The van der Waals surface area contributed by atoms with Crippen LogP contribution < -0.4 is 19.0 Å². The van der Waals surface area contributed by atoms with E-state index in [1.165, 1.54) is 0 Å². The number of piperidine rings is 1. The summed E-state index contributed by atoms with van der Waals surface area (Å²) in [5.74, 6) is 1.50. The summed E-state index contributed by atoms with van der Waals surface area (Å²) in [7, 11) is -3.60. The maximum Gasteiger partial charge on any atom is 0.306 e. The first kappa shape index (κ1) is 25.4. The van der Waals surface area contributed by atoms with Gasteiger partial charge in [-0.25, -0.2) is 0 Å². The number of oxazole rings is 1. The van der Waals surface area contributed by atoms with E-state index in [0.717, 1.165) is 44.3 Å². The molecule has 2 aromatic carbocycles. The fraction of sp³-hybridized carbons (Fsp3) is 0.458. The Hall–Kier alpha value is -2.69. The van der Waals surface area contributed by atoms with Gasteiger partial charge in [-0.2, -0.15) is 13.4 Å². The van der Waals surface area contributed by atoms with Crippen LogP contribution >= 0.6 is 11.6 Å². The summed E-state index contributed by atoms with van der Waals surface area (Å²) in [6, 6.07) is 9.34. The van der Waals surface area contributed by atoms with Crippen LogP contribution in [0.4, 0.5) is 6.01 Å². The van der Waals surface area contributed by atoms with Crippen LogP contribution in [0.5, 0.6) is 17.2 Å². The molecule has 0 spiro atoms. The summed E-state index contributed by atoms with van der Waals surface area (Å²) < 4.78 is 44.8. The summed E-state index contributed by atoms with van der Waals surface area (Å²) in [4.78, 5) is 6.82. The number of rotatable bonds is 10. The molecule has 0 unspecified atom stereocenters. The maximum atomic E-state index is 11.4. The van der Waals surface area contributed by atoms with Gasteiger partial charge in [0.25, 0.3) is 6.01 Å². The highest BCUT2D eigenvalue weighted by atomic mass is 35.5. The van der Waals surface area contributed by atoms with Gasteiger partial charge < -0.3 is 23.4 Å². The fourth-order valence-electron chi connectivity index (χ4n) is 4.10. The van der Waals surface area contributed by atoms with Crippen molar-refractivity contribution in [1.82, 2.24) is 9.88 Å². The van der Waals surface area contributed by atoms with Crippen LogP contribution in [0.15, 0.2) is 34.7 Å². The quantitative estimate of drug-likeness (QED) is 0.379. The lowest BCUT2D eigenvalue weighted by molar-refractivity contribution is 0.209. The smallest absolute Gasteiger partial charge is 0.306 e. The average molecular weight is 524 g/mol. The standard InChI is InChI=1S/C24H30ClN3O6S/c1-4-31-21-12-16(13-22(23(21)25)32-5-2)15-28-10-8-17(9-11-28)26-24-27-19-14-18(34-35(3,29)30)6-7-20(19)33-24/h6-7,12-14,17H,4-5,8-11,15H2,1-3H3,(H,26,27). The lowest BCUT2D eigenvalue weighted by atomic mass is 10.0. The van der Waals surface area contributed by atoms with Gasteiger partial charge in [0.2, 0.25) is 0 Å². The fourth-order valence-corrected chi connectivity index (χ4v) is 4.77. The molecule has 0 radical (unpaired) electrons. The molecule has 0 saturated carbocycles. The number of halogens is 1. The number of nitrogens with one attached hydrogen (secondary N) is 1. The van der Waals surface area contributed by atoms with E-state index in [1.807, 2.05) is 26.0 Å². The Balaban J connectivity index is 1.35. The van der Waals surface area contributed by atoms with Crippen molar-refractivity contribution in [3.05, 3.63) is 40.9 Å². The van der Waals surface area contributed by atoms with E-state index in [9.17, 15) is 8.42 Å². The molecule has 11 heteroatoms. The second-order valence-corrected chi connectivity index (χ2v) is 10.4. The van der Waals surface area contributed by atoms with Crippen molar-refractivity contribution in [2.24, 2.45) is 0 Å². The van der Waals surface area contributed by atoms with Crippen LogP contribution in [0.3, 0.4) is 0 Å². The Kier molecular flexibility index (Phi) is 7.93. The van der Waals surface area contributed by atoms with Crippen molar-refractivity contribution in [2.75, 3.05) is 37.9 Å². The molecule has 3 aromatic rings. The van der Waals surface area contributed by atoms with Crippen LogP contribution in [0.1, 0.15) is 32.3 Å². The SMILES string of the molecule is CCOc1cc(CN2CCC(Nc3nc4cc(OS(C)(=O)=O)ccc4o3)CC2)cc(OCC)c1Cl. The van der Waals surface area contributed by atoms with Crippen LogP contribution in [-0.4, -0.2) is 56.9 Å². The molecule has 2 heterocycles. The summed E-state index contributed by atoms with van der Waals surface area (Å²) in [5.41, 5.74) is 2.19. The van der Waals surface area contributed by atoms with Crippen molar-refractivity contribution < 1.29 is 26.5 Å². The number of likely N-dealkylation sites (tertiary alicyclic amines) is 1. The first-order valence-corrected chi connectivity index (χ1v) is 13.8. The molecule has 1 saturated heterocycles. The predicted molar refractivity (Wildman–Crippen MR) is 135 cm³/mol. The summed E-state index contributed by atoms with van der Waals surface area (Å²) in [5, 5.41) is 3.87. The molecule has 0 amide bonds. The number of nitrogens with zero attached hydrogens (tertiary/aromatic N) is 2. The third-order valence-electron chi connectivity index (χ3n) is 5.59. The Morgan fingerprint density at radius 3 is 2.37 bits per heavy atom. The first-order chi connectivity index (χ1) is 16.7. The van der Waals surface area contributed by atoms with Gasteiger partial charge in [-0.1, -0.05) is 11.6 Å². The van der Waals surface area contributed by atoms with Crippen LogP contribution in [-0.2, 0) is 16.7 Å². The Bertz CT molecular complexity index is 1240. The predicted octanol–water partition coefficient (Wildman–Crippen LogP) is 4.69. The third kappa shape index (κ3) is 6.71. The molecule has 0 atom stereocenters. The molecule has 1 fully saturated rings. The van der Waals surface area contributed by atoms with E-state index in [1.54, 1.807) is 18.2 Å².